The topological polar surface area (TPSA) is 66.7 Å². The second kappa shape index (κ2) is 7.63. The molecule has 2 aliphatic heterocycles. The third-order valence-corrected chi connectivity index (χ3v) is 6.79. The Labute approximate surface area is 197 Å². The summed E-state index contributed by atoms with van der Waals surface area (Å²) in [4.78, 5) is 31.3. The lowest BCUT2D eigenvalue weighted by molar-refractivity contribution is -0.124. The van der Waals surface area contributed by atoms with Crippen LogP contribution in [0.4, 0.5) is 8.78 Å². The van der Waals surface area contributed by atoms with Gasteiger partial charge in [-0.3, -0.25) is 14.0 Å². The van der Waals surface area contributed by atoms with Gasteiger partial charge in [0.05, 0.1) is 0 Å². The number of benzene rings is 2. The Hall–Kier alpha value is -3.78. The summed E-state index contributed by atoms with van der Waals surface area (Å²) in [5.41, 5.74) is 2.56. The highest BCUT2D eigenvalue weighted by molar-refractivity contribution is 6.32. The molecule has 2 aromatic heterocycles. The zero-order valence-corrected chi connectivity index (χ0v) is 18.4. The minimum atomic E-state index is -0.691. The quantitative estimate of drug-likeness (QED) is 0.477. The minimum absolute atomic E-state index is 0.000937. The maximum atomic E-state index is 14.5. The molecule has 6 rings (SSSR count). The Balaban J connectivity index is 1.41. The molecule has 0 unspecified atom stereocenters. The highest BCUT2D eigenvalue weighted by Crippen LogP contribution is 2.37. The van der Waals surface area contributed by atoms with Gasteiger partial charge in [0.25, 0.3) is 5.91 Å². The van der Waals surface area contributed by atoms with Crippen molar-refractivity contribution in [3.63, 3.8) is 0 Å². The van der Waals surface area contributed by atoms with E-state index in [1.165, 1.54) is 12.1 Å². The van der Waals surface area contributed by atoms with E-state index < -0.39 is 17.7 Å². The van der Waals surface area contributed by atoms with Gasteiger partial charge in [0.1, 0.15) is 34.2 Å². The number of fused-ring (bicyclic) bond motifs is 3. The number of likely N-dealkylation sites (tertiary alicyclic amines) is 1. The molecule has 4 aromatic rings. The predicted molar refractivity (Wildman–Crippen MR) is 122 cm³/mol. The number of imidazole rings is 1. The Morgan fingerprint density at radius 1 is 1.06 bits per heavy atom. The van der Waals surface area contributed by atoms with Crippen LogP contribution in [0.5, 0.6) is 0 Å². The van der Waals surface area contributed by atoms with Gasteiger partial charge in [0, 0.05) is 41.5 Å². The smallest absolute Gasteiger partial charge is 0.254 e. The first-order chi connectivity index (χ1) is 16.4. The Morgan fingerprint density at radius 2 is 1.85 bits per heavy atom. The van der Waals surface area contributed by atoms with Gasteiger partial charge >= 0.3 is 0 Å². The number of aromatic nitrogens is 2. The van der Waals surface area contributed by atoms with Crippen LogP contribution in [0.1, 0.15) is 16.8 Å². The summed E-state index contributed by atoms with van der Waals surface area (Å²) in [6.45, 7) is 0.484. The molecule has 4 heterocycles. The monoisotopic (exact) mass is 478 g/mol. The number of nitrogens with zero attached hydrogens (tertiary/aromatic N) is 3. The molecule has 2 atom stereocenters. The van der Waals surface area contributed by atoms with Gasteiger partial charge in [-0.05, 0) is 36.2 Å². The maximum absolute atomic E-state index is 14.5. The van der Waals surface area contributed by atoms with Crippen LogP contribution in [0.15, 0.2) is 60.8 Å². The molecule has 34 heavy (non-hydrogen) atoms. The Bertz CT molecular complexity index is 1500. The van der Waals surface area contributed by atoms with Crippen molar-refractivity contribution >= 4 is 29.1 Å². The number of carbonyl (C=O) groups is 2. The summed E-state index contributed by atoms with van der Waals surface area (Å²) in [6.07, 6.45) is 2.28. The van der Waals surface area contributed by atoms with Crippen molar-refractivity contribution in [1.29, 1.82) is 0 Å². The van der Waals surface area contributed by atoms with E-state index in [2.05, 4.69) is 10.3 Å². The molecule has 0 saturated carbocycles. The van der Waals surface area contributed by atoms with E-state index in [1.54, 1.807) is 51.9 Å². The van der Waals surface area contributed by atoms with Crippen molar-refractivity contribution in [1.82, 2.24) is 19.6 Å². The first-order valence-corrected chi connectivity index (χ1v) is 11.1. The largest absolute Gasteiger partial charge is 0.350 e. The third kappa shape index (κ3) is 3.17. The van der Waals surface area contributed by atoms with Crippen molar-refractivity contribution < 1.29 is 18.4 Å². The first kappa shape index (κ1) is 20.8. The van der Waals surface area contributed by atoms with Gasteiger partial charge in [0.15, 0.2) is 0 Å². The van der Waals surface area contributed by atoms with Gasteiger partial charge < -0.3 is 10.2 Å². The SMILES string of the molecule is O=C1N[C@H]2C[C@@H]1N(C(=O)c1ccn3c(Cl)c(-c4ccccc4-c4ccc(F)cc4F)nc3c1)C2. The average Bonchev–Trinajstić information content (AvgIpc) is 3.51. The maximum Gasteiger partial charge on any atom is 0.254 e. The molecular weight excluding hydrogens is 462 g/mol. The van der Waals surface area contributed by atoms with Crippen LogP contribution < -0.4 is 5.32 Å². The molecule has 0 aliphatic carbocycles. The predicted octanol–water partition coefficient (Wildman–Crippen LogP) is 4.31. The number of rotatable bonds is 3. The third-order valence-electron chi connectivity index (χ3n) is 6.43. The van der Waals surface area contributed by atoms with E-state index in [0.717, 1.165) is 6.07 Å². The molecule has 2 aliphatic rings. The van der Waals surface area contributed by atoms with Crippen LogP contribution in [0.25, 0.3) is 28.0 Å². The zero-order valence-electron chi connectivity index (χ0n) is 17.6. The standard InChI is InChI=1S/C25H17ClF2N4O2/c26-23-22(18-4-2-1-3-16(18)17-6-5-14(27)10-19(17)28)30-21-9-13(7-8-31(21)23)25(34)32-12-15-11-20(32)24(33)29-15/h1-10,15,20H,11-12H2,(H,29,33)/t15-,20-/m0/s1. The van der Waals surface area contributed by atoms with Crippen LogP contribution in [0.3, 0.4) is 0 Å². The normalized spacial score (nSPS) is 19.1. The van der Waals surface area contributed by atoms with E-state index in [9.17, 15) is 18.4 Å². The van der Waals surface area contributed by atoms with E-state index in [0.29, 0.717) is 46.2 Å². The number of amides is 2. The molecule has 170 valence electrons. The van der Waals surface area contributed by atoms with E-state index >= 15 is 0 Å². The molecule has 2 aromatic carbocycles. The lowest BCUT2D eigenvalue weighted by Gasteiger charge is -2.26. The number of piperazine rings is 1. The fourth-order valence-electron chi connectivity index (χ4n) is 4.83. The lowest BCUT2D eigenvalue weighted by Crippen LogP contribution is -2.50. The van der Waals surface area contributed by atoms with Crippen LogP contribution >= 0.6 is 11.6 Å². The van der Waals surface area contributed by atoms with Gasteiger partial charge in [0.2, 0.25) is 5.91 Å². The molecule has 9 heteroatoms. The number of carbonyl (C=O) groups excluding carboxylic acids is 2. The zero-order chi connectivity index (χ0) is 23.6. The second-order valence-corrected chi connectivity index (χ2v) is 8.84. The highest BCUT2D eigenvalue weighted by Gasteiger charge is 2.46. The number of halogens is 3. The minimum Gasteiger partial charge on any atom is -0.350 e. The average molecular weight is 479 g/mol. The fraction of sp³-hybridized carbons (Fsp3) is 0.160. The summed E-state index contributed by atoms with van der Waals surface area (Å²) >= 11 is 6.64. The Kier molecular flexibility index (Phi) is 4.67. The summed E-state index contributed by atoms with van der Waals surface area (Å²) in [5.74, 6) is -1.71. The van der Waals surface area contributed by atoms with Crippen LogP contribution in [-0.2, 0) is 4.79 Å². The van der Waals surface area contributed by atoms with Crippen LogP contribution in [0, 0.1) is 11.6 Å². The summed E-state index contributed by atoms with van der Waals surface area (Å²) in [5, 5.41) is 3.15. The molecule has 6 nitrogen and oxygen atoms in total. The van der Waals surface area contributed by atoms with Gasteiger partial charge in [-0.15, -0.1) is 0 Å². The van der Waals surface area contributed by atoms with Crippen molar-refractivity contribution in [2.45, 2.75) is 18.5 Å². The molecule has 2 fully saturated rings. The molecular formula is C25H17ClF2N4O2. The molecule has 2 saturated heterocycles. The summed E-state index contributed by atoms with van der Waals surface area (Å²) < 4.78 is 29.6. The second-order valence-electron chi connectivity index (χ2n) is 8.48. The highest BCUT2D eigenvalue weighted by atomic mass is 35.5. The molecule has 0 spiro atoms. The van der Waals surface area contributed by atoms with Crippen LogP contribution in [0.2, 0.25) is 5.15 Å². The number of pyridine rings is 1. The molecule has 2 bridgehead atoms. The lowest BCUT2D eigenvalue weighted by atomic mass is 9.97. The molecule has 0 radical (unpaired) electrons. The van der Waals surface area contributed by atoms with E-state index in [1.807, 2.05) is 0 Å². The van der Waals surface area contributed by atoms with Crippen molar-refractivity contribution in [2.24, 2.45) is 0 Å². The fourth-order valence-corrected chi connectivity index (χ4v) is 5.12. The summed E-state index contributed by atoms with van der Waals surface area (Å²) in [7, 11) is 0. The number of hydrogen-bond acceptors (Lipinski definition) is 3. The van der Waals surface area contributed by atoms with Gasteiger partial charge in [-0.1, -0.05) is 35.9 Å². The summed E-state index contributed by atoms with van der Waals surface area (Å²) in [6, 6.07) is 13.3. The Morgan fingerprint density at radius 3 is 2.59 bits per heavy atom. The van der Waals surface area contributed by atoms with Crippen molar-refractivity contribution in [3.05, 3.63) is 83.1 Å². The number of nitrogens with one attached hydrogen (secondary N) is 1. The van der Waals surface area contributed by atoms with Crippen molar-refractivity contribution in [2.75, 3.05) is 6.54 Å². The van der Waals surface area contributed by atoms with Gasteiger partial charge in [-0.2, -0.15) is 0 Å². The van der Waals surface area contributed by atoms with Gasteiger partial charge in [-0.25, -0.2) is 13.8 Å². The van der Waals surface area contributed by atoms with E-state index in [4.69, 9.17) is 11.6 Å². The molecule has 2 amide bonds. The van der Waals surface area contributed by atoms with E-state index in [-0.39, 0.29) is 23.4 Å². The first-order valence-electron chi connectivity index (χ1n) is 10.7. The number of hydrogen-bond donors (Lipinski definition) is 1. The van der Waals surface area contributed by atoms with Crippen LogP contribution in [-0.4, -0.2) is 44.7 Å². The molecule has 1 N–H and O–H groups in total. The van der Waals surface area contributed by atoms with Crippen molar-refractivity contribution in [3.8, 4) is 22.4 Å².